The lowest BCUT2D eigenvalue weighted by atomic mass is 10.1. The van der Waals surface area contributed by atoms with Crippen LogP contribution in [0.1, 0.15) is 20.8 Å². The number of rotatable bonds is 2. The van der Waals surface area contributed by atoms with Gasteiger partial charge in [0.15, 0.2) is 5.82 Å². The van der Waals surface area contributed by atoms with Gasteiger partial charge in [0.2, 0.25) is 0 Å². The third kappa shape index (κ3) is 3.65. The van der Waals surface area contributed by atoms with Crippen LogP contribution in [0.4, 0.5) is 14.9 Å². The molecule has 0 aliphatic carbocycles. The molecule has 1 aromatic carbocycles. The number of benzene rings is 1. The molecule has 22 heavy (non-hydrogen) atoms. The fraction of sp³-hybridized carbons (Fsp3) is 0.333. The lowest BCUT2D eigenvalue weighted by Gasteiger charge is -2.21. The molecule has 2 rings (SSSR count). The number of hydrogen-bond donors (Lipinski definition) is 1. The minimum absolute atomic E-state index is 0.0484. The zero-order valence-corrected chi connectivity index (χ0v) is 14.4. The van der Waals surface area contributed by atoms with Gasteiger partial charge in [0.05, 0.1) is 15.9 Å². The first-order chi connectivity index (χ1) is 10.2. The number of carbonyl (C=O) groups is 1. The Morgan fingerprint density at radius 1 is 1.36 bits per heavy atom. The van der Waals surface area contributed by atoms with Gasteiger partial charge in [0, 0.05) is 18.8 Å². The van der Waals surface area contributed by atoms with Crippen molar-refractivity contribution in [1.82, 2.24) is 9.78 Å². The first-order valence-corrected chi connectivity index (χ1v) is 7.45. The number of anilines is 1. The van der Waals surface area contributed by atoms with Crippen molar-refractivity contribution >= 4 is 27.7 Å². The molecular formula is C15H17BrFN3O2. The van der Waals surface area contributed by atoms with Crippen molar-refractivity contribution < 1.29 is 13.9 Å². The molecule has 0 atom stereocenters. The number of nitrogens with one attached hydrogen (secondary N) is 1. The molecule has 0 saturated carbocycles. The maximum atomic E-state index is 14.4. The van der Waals surface area contributed by atoms with Crippen molar-refractivity contribution in [1.29, 1.82) is 0 Å². The SMILES string of the molecule is Cn1nccc1-c1ccc(Br)c(F)c1NC(=O)OC(C)(C)C. The second-order valence-corrected chi connectivity index (χ2v) is 6.61. The van der Waals surface area contributed by atoms with E-state index in [1.54, 1.807) is 56.9 Å². The van der Waals surface area contributed by atoms with Crippen LogP contribution < -0.4 is 5.32 Å². The third-order valence-corrected chi connectivity index (χ3v) is 3.43. The van der Waals surface area contributed by atoms with Gasteiger partial charge in [-0.05, 0) is 54.9 Å². The van der Waals surface area contributed by atoms with E-state index in [0.717, 1.165) is 0 Å². The molecule has 0 saturated heterocycles. The normalized spacial score (nSPS) is 11.4. The Morgan fingerprint density at radius 3 is 2.59 bits per heavy atom. The van der Waals surface area contributed by atoms with Gasteiger partial charge >= 0.3 is 6.09 Å². The molecule has 0 spiro atoms. The zero-order chi connectivity index (χ0) is 16.5. The Kier molecular flexibility index (Phi) is 4.55. The highest BCUT2D eigenvalue weighted by Gasteiger charge is 2.21. The van der Waals surface area contributed by atoms with Crippen LogP contribution in [0.25, 0.3) is 11.3 Å². The van der Waals surface area contributed by atoms with Crippen LogP contribution in [0, 0.1) is 5.82 Å². The van der Waals surface area contributed by atoms with E-state index in [1.807, 2.05) is 0 Å². The Bertz CT molecular complexity index is 707. The van der Waals surface area contributed by atoms with Crippen LogP contribution in [0.2, 0.25) is 0 Å². The summed E-state index contributed by atoms with van der Waals surface area (Å²) in [6.07, 6.45) is 0.889. The Balaban J connectivity index is 2.43. The Morgan fingerprint density at radius 2 is 2.05 bits per heavy atom. The summed E-state index contributed by atoms with van der Waals surface area (Å²) in [6, 6.07) is 5.03. The molecule has 5 nitrogen and oxygen atoms in total. The number of aryl methyl sites for hydroxylation is 1. The quantitative estimate of drug-likeness (QED) is 0.856. The van der Waals surface area contributed by atoms with Crippen LogP contribution in [-0.2, 0) is 11.8 Å². The topological polar surface area (TPSA) is 56.2 Å². The smallest absolute Gasteiger partial charge is 0.412 e. The summed E-state index contributed by atoms with van der Waals surface area (Å²) in [7, 11) is 1.74. The number of carbonyl (C=O) groups excluding carboxylic acids is 1. The summed E-state index contributed by atoms with van der Waals surface area (Å²) in [4.78, 5) is 12.0. The number of halogens is 2. The maximum absolute atomic E-state index is 14.4. The van der Waals surface area contributed by atoms with E-state index in [2.05, 4.69) is 26.3 Å². The van der Waals surface area contributed by atoms with Crippen molar-refractivity contribution in [2.45, 2.75) is 26.4 Å². The molecule has 118 valence electrons. The summed E-state index contributed by atoms with van der Waals surface area (Å²) in [5, 5.41) is 6.55. The highest BCUT2D eigenvalue weighted by molar-refractivity contribution is 9.10. The van der Waals surface area contributed by atoms with E-state index in [-0.39, 0.29) is 10.2 Å². The van der Waals surface area contributed by atoms with E-state index < -0.39 is 17.5 Å². The summed E-state index contributed by atoms with van der Waals surface area (Å²) < 4.78 is 21.5. The molecular weight excluding hydrogens is 353 g/mol. The van der Waals surface area contributed by atoms with Crippen molar-refractivity contribution in [2.75, 3.05) is 5.32 Å². The lowest BCUT2D eigenvalue weighted by Crippen LogP contribution is -2.27. The van der Waals surface area contributed by atoms with E-state index >= 15 is 0 Å². The van der Waals surface area contributed by atoms with Crippen LogP contribution in [0.5, 0.6) is 0 Å². The summed E-state index contributed by atoms with van der Waals surface area (Å²) in [5.74, 6) is -0.565. The first kappa shape index (κ1) is 16.5. The van der Waals surface area contributed by atoms with Crippen molar-refractivity contribution in [2.24, 2.45) is 7.05 Å². The van der Waals surface area contributed by atoms with Crippen LogP contribution in [-0.4, -0.2) is 21.5 Å². The fourth-order valence-corrected chi connectivity index (χ4v) is 2.26. The molecule has 0 aliphatic heterocycles. The van der Waals surface area contributed by atoms with Gasteiger partial charge in [0.25, 0.3) is 0 Å². The second-order valence-electron chi connectivity index (χ2n) is 5.75. The molecule has 1 aromatic heterocycles. The molecule has 2 aromatic rings. The van der Waals surface area contributed by atoms with Gasteiger partial charge in [-0.25, -0.2) is 9.18 Å². The average Bonchev–Trinajstić information content (AvgIpc) is 2.79. The maximum Gasteiger partial charge on any atom is 0.412 e. The highest BCUT2D eigenvalue weighted by Crippen LogP contribution is 2.34. The fourth-order valence-electron chi connectivity index (χ4n) is 1.93. The van der Waals surface area contributed by atoms with Gasteiger partial charge in [-0.2, -0.15) is 5.10 Å². The lowest BCUT2D eigenvalue weighted by molar-refractivity contribution is 0.0635. The second kappa shape index (κ2) is 6.08. The Labute approximate surface area is 136 Å². The van der Waals surface area contributed by atoms with Crippen molar-refractivity contribution in [3.8, 4) is 11.3 Å². The van der Waals surface area contributed by atoms with E-state index in [9.17, 15) is 9.18 Å². The van der Waals surface area contributed by atoms with E-state index in [1.165, 1.54) is 0 Å². The molecule has 0 unspecified atom stereocenters. The van der Waals surface area contributed by atoms with Gasteiger partial charge < -0.3 is 4.74 Å². The molecule has 1 heterocycles. The Hall–Kier alpha value is -1.89. The van der Waals surface area contributed by atoms with Gasteiger partial charge in [-0.3, -0.25) is 10.00 Å². The predicted octanol–water partition coefficient (Wildman–Crippen LogP) is 4.34. The largest absolute Gasteiger partial charge is 0.444 e. The van der Waals surface area contributed by atoms with Gasteiger partial charge in [-0.1, -0.05) is 0 Å². The molecule has 1 N–H and O–H groups in total. The molecule has 0 aliphatic rings. The van der Waals surface area contributed by atoms with Crippen molar-refractivity contribution in [3.63, 3.8) is 0 Å². The molecule has 0 radical (unpaired) electrons. The van der Waals surface area contributed by atoms with E-state index in [0.29, 0.717) is 11.3 Å². The first-order valence-electron chi connectivity index (χ1n) is 6.65. The number of amides is 1. The standard InChI is InChI=1S/C15H17BrFN3O2/c1-15(2,3)22-14(21)19-13-9(5-6-10(16)12(13)17)11-7-8-18-20(11)4/h5-8H,1-4H3,(H,19,21). The minimum Gasteiger partial charge on any atom is -0.444 e. The third-order valence-electron chi connectivity index (χ3n) is 2.82. The molecule has 1 amide bonds. The number of aromatic nitrogens is 2. The monoisotopic (exact) mass is 369 g/mol. The van der Waals surface area contributed by atoms with E-state index in [4.69, 9.17) is 4.74 Å². The highest BCUT2D eigenvalue weighted by atomic mass is 79.9. The number of nitrogens with zero attached hydrogens (tertiary/aromatic N) is 2. The van der Waals surface area contributed by atoms with Crippen molar-refractivity contribution in [3.05, 3.63) is 34.7 Å². The number of hydrogen-bond acceptors (Lipinski definition) is 3. The van der Waals surface area contributed by atoms with Gasteiger partial charge in [0.1, 0.15) is 5.60 Å². The average molecular weight is 370 g/mol. The van der Waals surface area contributed by atoms with Crippen LogP contribution >= 0.6 is 15.9 Å². The molecule has 7 heteroatoms. The zero-order valence-electron chi connectivity index (χ0n) is 12.8. The predicted molar refractivity (Wildman–Crippen MR) is 86.2 cm³/mol. The minimum atomic E-state index is -0.715. The number of ether oxygens (including phenoxy) is 1. The summed E-state index contributed by atoms with van der Waals surface area (Å²) in [6.45, 7) is 5.23. The van der Waals surface area contributed by atoms with Crippen LogP contribution in [0.3, 0.4) is 0 Å². The van der Waals surface area contributed by atoms with Crippen LogP contribution in [0.15, 0.2) is 28.9 Å². The summed E-state index contributed by atoms with van der Waals surface area (Å²) in [5.41, 5.74) is 0.579. The van der Waals surface area contributed by atoms with Gasteiger partial charge in [-0.15, -0.1) is 0 Å². The summed E-state index contributed by atoms with van der Waals surface area (Å²) >= 11 is 3.12. The molecule has 0 fully saturated rings. The molecule has 0 bridgehead atoms.